The van der Waals surface area contributed by atoms with E-state index in [1.807, 2.05) is 18.2 Å². The van der Waals surface area contributed by atoms with Gasteiger partial charge in [-0.1, -0.05) is 67.1 Å². The predicted molar refractivity (Wildman–Crippen MR) is 95.0 cm³/mol. The van der Waals surface area contributed by atoms with Gasteiger partial charge in [0.05, 0.1) is 11.8 Å². The molecule has 0 saturated heterocycles. The molecule has 0 fully saturated rings. The van der Waals surface area contributed by atoms with Crippen LogP contribution >= 0.6 is 11.8 Å². The molecule has 0 heterocycles. The molecule has 0 spiro atoms. The van der Waals surface area contributed by atoms with E-state index in [2.05, 4.69) is 55.6 Å². The van der Waals surface area contributed by atoms with Gasteiger partial charge in [0.1, 0.15) is 0 Å². The van der Waals surface area contributed by atoms with Crippen LogP contribution in [0, 0.1) is 6.92 Å². The van der Waals surface area contributed by atoms with Crippen LogP contribution in [0.4, 0.5) is 0 Å². The van der Waals surface area contributed by atoms with Gasteiger partial charge in [0.25, 0.3) is 0 Å². The molecule has 3 heteroatoms. The van der Waals surface area contributed by atoms with Crippen molar-refractivity contribution in [1.82, 2.24) is 5.32 Å². The summed E-state index contributed by atoms with van der Waals surface area (Å²) in [5.41, 5.74) is 3.69. The highest BCUT2D eigenvalue weighted by atomic mass is 32.2. The number of amides is 1. The molecule has 0 aromatic heterocycles. The average Bonchev–Trinajstić information content (AvgIpc) is 2.55. The number of thioether (sulfide) groups is 1. The first-order valence-electron chi connectivity index (χ1n) is 7.66. The molecule has 0 aliphatic heterocycles. The molecule has 1 amide bonds. The molecule has 2 aromatic carbocycles. The summed E-state index contributed by atoms with van der Waals surface area (Å²) in [6.07, 6.45) is 0.901. The van der Waals surface area contributed by atoms with Crippen LogP contribution in [-0.4, -0.2) is 11.7 Å². The molecule has 2 rings (SSSR count). The molecule has 0 saturated carbocycles. The van der Waals surface area contributed by atoms with Crippen LogP contribution in [0.5, 0.6) is 0 Å². The van der Waals surface area contributed by atoms with Crippen molar-refractivity contribution in [2.75, 3.05) is 5.75 Å². The van der Waals surface area contributed by atoms with Gasteiger partial charge < -0.3 is 5.32 Å². The van der Waals surface area contributed by atoms with Gasteiger partial charge in [0, 0.05) is 5.75 Å². The number of rotatable bonds is 7. The normalized spacial score (nSPS) is 11.9. The molecule has 2 nitrogen and oxygen atoms in total. The third-order valence-corrected chi connectivity index (χ3v) is 4.57. The number of benzene rings is 2. The minimum atomic E-state index is 0.104. The molecule has 1 atom stereocenters. The second-order valence-corrected chi connectivity index (χ2v) is 6.40. The van der Waals surface area contributed by atoms with Crippen LogP contribution in [0.1, 0.15) is 36.1 Å². The van der Waals surface area contributed by atoms with E-state index < -0.39 is 0 Å². The SMILES string of the molecule is CC[C@@H](NC(=O)CSCc1ccc(C)cc1)c1ccccc1. The molecule has 0 bridgehead atoms. The zero-order valence-electron chi connectivity index (χ0n) is 13.2. The van der Waals surface area contributed by atoms with Crippen LogP contribution < -0.4 is 5.32 Å². The summed E-state index contributed by atoms with van der Waals surface area (Å²) in [5.74, 6) is 1.47. The molecule has 0 aliphatic carbocycles. The van der Waals surface area contributed by atoms with E-state index in [0.29, 0.717) is 5.75 Å². The van der Waals surface area contributed by atoms with Crippen molar-refractivity contribution < 1.29 is 4.79 Å². The summed E-state index contributed by atoms with van der Waals surface area (Å²) >= 11 is 1.66. The monoisotopic (exact) mass is 313 g/mol. The second-order valence-electron chi connectivity index (χ2n) is 5.42. The first kappa shape index (κ1) is 16.6. The number of nitrogens with one attached hydrogen (secondary N) is 1. The quantitative estimate of drug-likeness (QED) is 0.815. The summed E-state index contributed by atoms with van der Waals surface area (Å²) in [6.45, 7) is 4.18. The van der Waals surface area contributed by atoms with Crippen LogP contribution in [-0.2, 0) is 10.5 Å². The van der Waals surface area contributed by atoms with E-state index in [4.69, 9.17) is 0 Å². The maximum absolute atomic E-state index is 12.1. The van der Waals surface area contributed by atoms with Crippen molar-refractivity contribution in [2.45, 2.75) is 32.1 Å². The number of aryl methyl sites for hydroxylation is 1. The summed E-state index contributed by atoms with van der Waals surface area (Å²) < 4.78 is 0. The highest BCUT2D eigenvalue weighted by Crippen LogP contribution is 2.17. The topological polar surface area (TPSA) is 29.1 Å². The number of carbonyl (C=O) groups is 1. The van der Waals surface area contributed by atoms with Gasteiger partial charge in [-0.3, -0.25) is 4.79 Å². The van der Waals surface area contributed by atoms with Gasteiger partial charge >= 0.3 is 0 Å². The van der Waals surface area contributed by atoms with E-state index in [1.165, 1.54) is 16.7 Å². The lowest BCUT2D eigenvalue weighted by Crippen LogP contribution is -2.29. The maximum atomic E-state index is 12.1. The van der Waals surface area contributed by atoms with Gasteiger partial charge in [0.15, 0.2) is 0 Å². The van der Waals surface area contributed by atoms with Gasteiger partial charge in [-0.15, -0.1) is 11.8 Å². The fourth-order valence-electron chi connectivity index (χ4n) is 2.29. The minimum Gasteiger partial charge on any atom is -0.349 e. The van der Waals surface area contributed by atoms with Crippen molar-refractivity contribution in [3.63, 3.8) is 0 Å². The predicted octanol–water partition coefficient (Wildman–Crippen LogP) is 4.50. The lowest BCUT2D eigenvalue weighted by Gasteiger charge is -2.17. The summed E-state index contributed by atoms with van der Waals surface area (Å²) in [4.78, 5) is 12.1. The molecule has 0 radical (unpaired) electrons. The van der Waals surface area contributed by atoms with Gasteiger partial charge in [-0.25, -0.2) is 0 Å². The summed E-state index contributed by atoms with van der Waals surface area (Å²) in [6, 6.07) is 18.7. The number of carbonyl (C=O) groups excluding carboxylic acids is 1. The largest absolute Gasteiger partial charge is 0.349 e. The zero-order chi connectivity index (χ0) is 15.8. The molecule has 2 aromatic rings. The van der Waals surface area contributed by atoms with E-state index in [-0.39, 0.29) is 11.9 Å². The van der Waals surface area contributed by atoms with Crippen LogP contribution in [0.15, 0.2) is 54.6 Å². The number of hydrogen-bond acceptors (Lipinski definition) is 2. The summed E-state index contributed by atoms with van der Waals surface area (Å²) in [5, 5.41) is 3.12. The van der Waals surface area contributed by atoms with E-state index in [9.17, 15) is 4.79 Å². The van der Waals surface area contributed by atoms with Crippen molar-refractivity contribution >= 4 is 17.7 Å². The zero-order valence-corrected chi connectivity index (χ0v) is 14.0. The molecule has 0 unspecified atom stereocenters. The summed E-state index contributed by atoms with van der Waals surface area (Å²) in [7, 11) is 0. The fourth-order valence-corrected chi connectivity index (χ4v) is 3.09. The van der Waals surface area contributed by atoms with E-state index in [0.717, 1.165) is 12.2 Å². The van der Waals surface area contributed by atoms with E-state index >= 15 is 0 Å². The lowest BCUT2D eigenvalue weighted by molar-refractivity contribution is -0.119. The van der Waals surface area contributed by atoms with Crippen molar-refractivity contribution in [3.8, 4) is 0 Å². The molecular weight excluding hydrogens is 290 g/mol. The Hall–Kier alpha value is -1.74. The highest BCUT2D eigenvalue weighted by Gasteiger charge is 2.12. The van der Waals surface area contributed by atoms with Crippen molar-refractivity contribution in [2.24, 2.45) is 0 Å². The van der Waals surface area contributed by atoms with Crippen LogP contribution in [0.2, 0.25) is 0 Å². The standard InChI is InChI=1S/C19H23NOS/c1-3-18(17-7-5-4-6-8-17)20-19(21)14-22-13-16-11-9-15(2)10-12-16/h4-12,18H,3,13-14H2,1-2H3,(H,20,21)/t18-/m1/s1. The lowest BCUT2D eigenvalue weighted by atomic mass is 10.0. The first-order valence-corrected chi connectivity index (χ1v) is 8.82. The Bertz CT molecular complexity index is 580. The van der Waals surface area contributed by atoms with Gasteiger partial charge in [-0.2, -0.15) is 0 Å². The Morgan fingerprint density at radius 1 is 1.09 bits per heavy atom. The van der Waals surface area contributed by atoms with Crippen molar-refractivity contribution in [3.05, 3.63) is 71.3 Å². The third-order valence-electron chi connectivity index (χ3n) is 3.57. The molecule has 22 heavy (non-hydrogen) atoms. The van der Waals surface area contributed by atoms with E-state index in [1.54, 1.807) is 11.8 Å². The molecular formula is C19H23NOS. The maximum Gasteiger partial charge on any atom is 0.230 e. The minimum absolute atomic E-state index is 0.104. The highest BCUT2D eigenvalue weighted by molar-refractivity contribution is 7.99. The Morgan fingerprint density at radius 3 is 2.41 bits per heavy atom. The molecule has 0 aliphatic rings. The second kappa shape index (κ2) is 8.64. The smallest absolute Gasteiger partial charge is 0.230 e. The third kappa shape index (κ3) is 5.23. The molecule has 116 valence electrons. The van der Waals surface area contributed by atoms with Gasteiger partial charge in [-0.05, 0) is 24.5 Å². The first-order chi connectivity index (χ1) is 10.7. The Morgan fingerprint density at radius 2 is 1.77 bits per heavy atom. The fraction of sp³-hybridized carbons (Fsp3) is 0.316. The average molecular weight is 313 g/mol. The van der Waals surface area contributed by atoms with Crippen LogP contribution in [0.25, 0.3) is 0 Å². The van der Waals surface area contributed by atoms with Crippen LogP contribution in [0.3, 0.4) is 0 Å². The Labute approximate surface area is 137 Å². The number of hydrogen-bond donors (Lipinski definition) is 1. The molecule has 1 N–H and O–H groups in total. The Kier molecular flexibility index (Phi) is 6.53. The van der Waals surface area contributed by atoms with Gasteiger partial charge in [0.2, 0.25) is 5.91 Å². The Balaban J connectivity index is 1.78. The van der Waals surface area contributed by atoms with Crippen molar-refractivity contribution in [1.29, 1.82) is 0 Å².